The molecule has 0 unspecified atom stereocenters. The van der Waals surface area contributed by atoms with E-state index in [9.17, 15) is 4.79 Å². The van der Waals surface area contributed by atoms with Crippen LogP contribution in [0.5, 0.6) is 0 Å². The van der Waals surface area contributed by atoms with Crippen LogP contribution in [0.4, 0.5) is 0 Å². The van der Waals surface area contributed by atoms with Crippen molar-refractivity contribution in [3.8, 4) is 0 Å². The fourth-order valence-corrected chi connectivity index (χ4v) is 1.34. The molecule has 1 amide bonds. The topological polar surface area (TPSA) is 59.3 Å². The van der Waals surface area contributed by atoms with Crippen molar-refractivity contribution >= 4 is 11.4 Å². The Morgan fingerprint density at radius 2 is 2.38 bits per heavy atom. The van der Waals surface area contributed by atoms with Gasteiger partial charge in [-0.1, -0.05) is 12.2 Å². The first-order valence-electron chi connectivity index (χ1n) is 4.88. The van der Waals surface area contributed by atoms with Crippen LogP contribution in [-0.2, 0) is 0 Å². The van der Waals surface area contributed by atoms with E-state index in [1.165, 1.54) is 6.20 Å². The number of nitrogens with one attached hydrogen (secondary N) is 1. The van der Waals surface area contributed by atoms with Crippen molar-refractivity contribution in [2.45, 2.75) is 6.92 Å². The van der Waals surface area contributed by atoms with E-state index < -0.39 is 0 Å². The summed E-state index contributed by atoms with van der Waals surface area (Å²) in [7, 11) is 0. The highest BCUT2D eigenvalue weighted by atomic mass is 16.1. The Morgan fingerprint density at radius 3 is 3.12 bits per heavy atom. The van der Waals surface area contributed by atoms with Gasteiger partial charge in [-0.2, -0.15) is 5.10 Å². The van der Waals surface area contributed by atoms with Gasteiger partial charge in [0.2, 0.25) is 0 Å². The standard InChI is InChI=1S/C11H12N4O/c1-8(2)5-13-11(16)9-6-14-15-4-3-12-7-10(9)15/h3-4,6-7H,1,5H2,2H3,(H,13,16). The van der Waals surface area contributed by atoms with Gasteiger partial charge in [0.25, 0.3) is 5.91 Å². The zero-order valence-electron chi connectivity index (χ0n) is 8.97. The molecular formula is C11H12N4O. The molecule has 0 fully saturated rings. The lowest BCUT2D eigenvalue weighted by molar-refractivity contribution is 0.0958. The molecule has 5 heteroatoms. The molecule has 2 rings (SSSR count). The highest BCUT2D eigenvalue weighted by Gasteiger charge is 2.11. The summed E-state index contributed by atoms with van der Waals surface area (Å²) in [6.45, 7) is 6.05. The molecule has 82 valence electrons. The normalized spacial score (nSPS) is 10.3. The van der Waals surface area contributed by atoms with E-state index in [-0.39, 0.29) is 5.91 Å². The van der Waals surface area contributed by atoms with Crippen molar-refractivity contribution in [3.05, 3.63) is 42.5 Å². The molecule has 16 heavy (non-hydrogen) atoms. The number of fused-ring (bicyclic) bond motifs is 1. The zero-order valence-corrected chi connectivity index (χ0v) is 8.97. The number of rotatable bonds is 3. The van der Waals surface area contributed by atoms with E-state index in [2.05, 4.69) is 22.0 Å². The highest BCUT2D eigenvalue weighted by molar-refractivity contribution is 6.00. The Hall–Kier alpha value is -2.17. The van der Waals surface area contributed by atoms with E-state index in [4.69, 9.17) is 0 Å². The predicted octanol–water partition coefficient (Wildman–Crippen LogP) is 1.04. The van der Waals surface area contributed by atoms with Gasteiger partial charge in [0.15, 0.2) is 0 Å². The zero-order chi connectivity index (χ0) is 11.5. The van der Waals surface area contributed by atoms with Crippen molar-refractivity contribution < 1.29 is 4.79 Å². The maximum Gasteiger partial charge on any atom is 0.255 e. The molecule has 2 aromatic heterocycles. The molecule has 0 aromatic carbocycles. The van der Waals surface area contributed by atoms with Gasteiger partial charge in [-0.3, -0.25) is 9.78 Å². The Kier molecular flexibility index (Phi) is 2.68. The molecule has 0 saturated heterocycles. The van der Waals surface area contributed by atoms with Crippen LogP contribution in [0, 0.1) is 0 Å². The largest absolute Gasteiger partial charge is 0.348 e. The van der Waals surface area contributed by atoms with Crippen LogP contribution in [-0.4, -0.2) is 27.0 Å². The average Bonchev–Trinajstić information content (AvgIpc) is 2.69. The third kappa shape index (κ3) is 1.93. The van der Waals surface area contributed by atoms with E-state index in [0.29, 0.717) is 17.6 Å². The average molecular weight is 216 g/mol. The molecule has 0 aliphatic heterocycles. The third-order valence-corrected chi connectivity index (χ3v) is 2.12. The molecule has 2 heterocycles. The maximum atomic E-state index is 11.8. The fourth-order valence-electron chi connectivity index (χ4n) is 1.34. The highest BCUT2D eigenvalue weighted by Crippen LogP contribution is 2.08. The van der Waals surface area contributed by atoms with Crippen molar-refractivity contribution in [1.82, 2.24) is 19.9 Å². The minimum atomic E-state index is -0.161. The van der Waals surface area contributed by atoms with Gasteiger partial charge in [-0.15, -0.1) is 0 Å². The number of aromatic nitrogens is 3. The predicted molar refractivity (Wildman–Crippen MR) is 60.1 cm³/mol. The lowest BCUT2D eigenvalue weighted by atomic mass is 10.2. The van der Waals surface area contributed by atoms with E-state index in [1.807, 2.05) is 6.92 Å². The third-order valence-electron chi connectivity index (χ3n) is 2.12. The van der Waals surface area contributed by atoms with Gasteiger partial charge in [0.05, 0.1) is 23.5 Å². The number of nitrogens with zero attached hydrogens (tertiary/aromatic N) is 3. The van der Waals surface area contributed by atoms with Gasteiger partial charge in [-0.05, 0) is 6.92 Å². The molecule has 0 radical (unpaired) electrons. The molecule has 0 saturated carbocycles. The molecule has 1 N–H and O–H groups in total. The van der Waals surface area contributed by atoms with Crippen LogP contribution in [0.25, 0.3) is 5.52 Å². The molecule has 0 atom stereocenters. The van der Waals surface area contributed by atoms with Gasteiger partial charge in [-0.25, -0.2) is 4.52 Å². The first kappa shape index (κ1) is 10.4. The van der Waals surface area contributed by atoms with Crippen LogP contribution in [0.15, 0.2) is 36.9 Å². The molecule has 0 aliphatic carbocycles. The molecule has 0 spiro atoms. The Labute approximate surface area is 92.8 Å². The van der Waals surface area contributed by atoms with E-state index in [1.54, 1.807) is 23.1 Å². The van der Waals surface area contributed by atoms with Crippen molar-refractivity contribution in [2.24, 2.45) is 0 Å². The van der Waals surface area contributed by atoms with Crippen LogP contribution in [0.3, 0.4) is 0 Å². The molecular weight excluding hydrogens is 204 g/mol. The number of amides is 1. The molecule has 2 aromatic rings. The Bertz CT molecular complexity index is 544. The summed E-state index contributed by atoms with van der Waals surface area (Å²) in [5, 5.41) is 6.82. The molecule has 0 aliphatic rings. The summed E-state index contributed by atoms with van der Waals surface area (Å²) in [5.41, 5.74) is 2.12. The summed E-state index contributed by atoms with van der Waals surface area (Å²) < 4.78 is 1.61. The Morgan fingerprint density at radius 1 is 1.56 bits per heavy atom. The van der Waals surface area contributed by atoms with Crippen LogP contribution in [0.2, 0.25) is 0 Å². The van der Waals surface area contributed by atoms with Gasteiger partial charge >= 0.3 is 0 Å². The summed E-state index contributed by atoms with van der Waals surface area (Å²) in [5.74, 6) is -0.161. The van der Waals surface area contributed by atoms with Gasteiger partial charge < -0.3 is 5.32 Å². The quantitative estimate of drug-likeness (QED) is 0.780. The van der Waals surface area contributed by atoms with Crippen LogP contribution < -0.4 is 5.32 Å². The number of carbonyl (C=O) groups excluding carboxylic acids is 1. The van der Waals surface area contributed by atoms with Gasteiger partial charge in [0, 0.05) is 18.9 Å². The number of carbonyl (C=O) groups is 1. The maximum absolute atomic E-state index is 11.8. The summed E-state index contributed by atoms with van der Waals surface area (Å²) in [6.07, 6.45) is 6.47. The smallest absolute Gasteiger partial charge is 0.255 e. The second kappa shape index (κ2) is 4.14. The first-order chi connectivity index (χ1) is 7.68. The summed E-state index contributed by atoms with van der Waals surface area (Å²) >= 11 is 0. The lowest BCUT2D eigenvalue weighted by Gasteiger charge is -2.02. The van der Waals surface area contributed by atoms with Crippen molar-refractivity contribution in [3.63, 3.8) is 0 Å². The lowest BCUT2D eigenvalue weighted by Crippen LogP contribution is -2.24. The van der Waals surface area contributed by atoms with E-state index in [0.717, 1.165) is 5.57 Å². The molecule has 5 nitrogen and oxygen atoms in total. The fraction of sp³-hybridized carbons (Fsp3) is 0.182. The monoisotopic (exact) mass is 216 g/mol. The van der Waals surface area contributed by atoms with Crippen molar-refractivity contribution in [2.75, 3.05) is 6.54 Å². The molecule has 0 bridgehead atoms. The number of hydrogen-bond acceptors (Lipinski definition) is 3. The SMILES string of the molecule is C=C(C)CNC(=O)c1cnn2ccncc12. The second-order valence-electron chi connectivity index (χ2n) is 3.60. The first-order valence-corrected chi connectivity index (χ1v) is 4.88. The Balaban J connectivity index is 2.26. The van der Waals surface area contributed by atoms with Crippen molar-refractivity contribution in [1.29, 1.82) is 0 Å². The van der Waals surface area contributed by atoms with Crippen LogP contribution in [0.1, 0.15) is 17.3 Å². The van der Waals surface area contributed by atoms with E-state index >= 15 is 0 Å². The summed E-state index contributed by atoms with van der Waals surface area (Å²) in [4.78, 5) is 15.8. The number of hydrogen-bond donors (Lipinski definition) is 1. The van der Waals surface area contributed by atoms with Gasteiger partial charge in [0.1, 0.15) is 0 Å². The summed E-state index contributed by atoms with van der Waals surface area (Å²) in [6, 6.07) is 0. The minimum absolute atomic E-state index is 0.161. The second-order valence-corrected chi connectivity index (χ2v) is 3.60. The van der Waals surface area contributed by atoms with Crippen LogP contribution >= 0.6 is 0 Å². The minimum Gasteiger partial charge on any atom is -0.348 e.